The molecule has 158 valence electrons. The average molecular weight is 440 g/mol. The predicted octanol–water partition coefficient (Wildman–Crippen LogP) is 2.76. The summed E-state index contributed by atoms with van der Waals surface area (Å²) >= 11 is 0. The number of halogens is 2. The summed E-state index contributed by atoms with van der Waals surface area (Å²) in [4.78, 5) is 9.19. The SMILES string of the molecule is COCc1nc(NCCCc2nnc3ccccn23)cc(C2CC(N)C2)n1.Cl.Cl. The zero-order chi connectivity index (χ0) is 18.6. The van der Waals surface area contributed by atoms with Crippen molar-refractivity contribution >= 4 is 36.3 Å². The molecule has 0 spiro atoms. The molecule has 1 fully saturated rings. The van der Waals surface area contributed by atoms with Crippen molar-refractivity contribution in [3.05, 3.63) is 47.8 Å². The smallest absolute Gasteiger partial charge is 0.160 e. The van der Waals surface area contributed by atoms with Gasteiger partial charge in [0, 0.05) is 50.0 Å². The van der Waals surface area contributed by atoms with Gasteiger partial charge in [0.2, 0.25) is 0 Å². The van der Waals surface area contributed by atoms with E-state index in [0.29, 0.717) is 24.4 Å². The molecule has 1 aliphatic carbocycles. The van der Waals surface area contributed by atoms with Crippen molar-refractivity contribution in [2.75, 3.05) is 19.0 Å². The van der Waals surface area contributed by atoms with Crippen LogP contribution in [0.15, 0.2) is 30.5 Å². The number of anilines is 1. The molecular weight excluding hydrogens is 413 g/mol. The van der Waals surface area contributed by atoms with Crippen LogP contribution in [0.4, 0.5) is 5.82 Å². The van der Waals surface area contributed by atoms with Gasteiger partial charge < -0.3 is 15.8 Å². The molecule has 0 bridgehead atoms. The minimum absolute atomic E-state index is 0. The quantitative estimate of drug-likeness (QED) is 0.519. The van der Waals surface area contributed by atoms with Gasteiger partial charge >= 0.3 is 0 Å². The number of hydrogen-bond donors (Lipinski definition) is 2. The van der Waals surface area contributed by atoms with E-state index in [1.165, 1.54) is 0 Å². The molecule has 29 heavy (non-hydrogen) atoms. The van der Waals surface area contributed by atoms with Gasteiger partial charge in [-0.2, -0.15) is 0 Å². The lowest BCUT2D eigenvalue weighted by Crippen LogP contribution is -2.35. The van der Waals surface area contributed by atoms with E-state index in [-0.39, 0.29) is 24.8 Å². The zero-order valence-corrected chi connectivity index (χ0v) is 18.0. The Balaban J connectivity index is 0.00000150. The third kappa shape index (κ3) is 5.54. The highest BCUT2D eigenvalue weighted by Gasteiger charge is 2.29. The lowest BCUT2D eigenvalue weighted by molar-refractivity contribution is 0.177. The Bertz CT molecular complexity index is 914. The molecule has 3 aromatic rings. The Morgan fingerprint density at radius 2 is 2.03 bits per heavy atom. The molecule has 3 N–H and O–H groups in total. The number of aryl methyl sites for hydroxylation is 1. The summed E-state index contributed by atoms with van der Waals surface area (Å²) in [5, 5.41) is 11.9. The number of hydrogen-bond acceptors (Lipinski definition) is 7. The molecule has 0 amide bonds. The van der Waals surface area contributed by atoms with Gasteiger partial charge in [-0.25, -0.2) is 9.97 Å². The highest BCUT2D eigenvalue weighted by molar-refractivity contribution is 5.85. The first-order valence-electron chi connectivity index (χ1n) is 9.38. The molecule has 0 aromatic carbocycles. The summed E-state index contributed by atoms with van der Waals surface area (Å²) in [6, 6.07) is 8.26. The summed E-state index contributed by atoms with van der Waals surface area (Å²) in [5.74, 6) is 2.96. The topological polar surface area (TPSA) is 103 Å². The molecule has 1 saturated carbocycles. The standard InChI is InChI=1S/C19H25N7O.2ClH/c1-27-12-17-22-15(13-9-14(20)10-13)11-16(23-17)21-7-4-6-19-25-24-18-5-2-3-8-26(18)19;;/h2-3,5,8,11,13-14H,4,6-7,9-10,12,20H2,1H3,(H,21,22,23);2*1H. The van der Waals surface area contributed by atoms with Gasteiger partial charge in [-0.1, -0.05) is 6.07 Å². The van der Waals surface area contributed by atoms with Crippen molar-refractivity contribution < 1.29 is 4.74 Å². The van der Waals surface area contributed by atoms with Crippen molar-refractivity contribution in [1.82, 2.24) is 24.6 Å². The minimum Gasteiger partial charge on any atom is -0.377 e. The number of nitrogens with zero attached hydrogens (tertiary/aromatic N) is 5. The van der Waals surface area contributed by atoms with Crippen molar-refractivity contribution in [1.29, 1.82) is 0 Å². The fraction of sp³-hybridized carbons (Fsp3) is 0.474. The Labute approximate surface area is 182 Å². The van der Waals surface area contributed by atoms with Crippen LogP contribution in [-0.2, 0) is 17.8 Å². The number of fused-ring (bicyclic) bond motifs is 1. The van der Waals surface area contributed by atoms with Gasteiger partial charge in [0.15, 0.2) is 11.5 Å². The highest BCUT2D eigenvalue weighted by atomic mass is 35.5. The van der Waals surface area contributed by atoms with Crippen molar-refractivity contribution in [3.63, 3.8) is 0 Å². The van der Waals surface area contributed by atoms with Crippen LogP contribution >= 0.6 is 24.8 Å². The lowest BCUT2D eigenvalue weighted by atomic mass is 9.78. The van der Waals surface area contributed by atoms with E-state index in [4.69, 9.17) is 10.5 Å². The molecule has 3 aromatic heterocycles. The number of nitrogens with one attached hydrogen (secondary N) is 1. The first-order chi connectivity index (χ1) is 13.2. The van der Waals surface area contributed by atoms with E-state index in [9.17, 15) is 0 Å². The molecule has 4 rings (SSSR count). The second-order valence-corrected chi connectivity index (χ2v) is 7.03. The minimum atomic E-state index is 0. The normalized spacial score (nSPS) is 17.9. The summed E-state index contributed by atoms with van der Waals surface area (Å²) < 4.78 is 7.24. The molecule has 0 radical (unpaired) electrons. The summed E-state index contributed by atoms with van der Waals surface area (Å²) in [7, 11) is 1.66. The van der Waals surface area contributed by atoms with Crippen LogP contribution in [0.5, 0.6) is 0 Å². The molecule has 0 unspecified atom stereocenters. The molecule has 8 nitrogen and oxygen atoms in total. The summed E-state index contributed by atoms with van der Waals surface area (Å²) in [6.45, 7) is 1.21. The highest BCUT2D eigenvalue weighted by Crippen LogP contribution is 2.35. The maximum atomic E-state index is 5.93. The van der Waals surface area contributed by atoms with Gasteiger partial charge in [-0.3, -0.25) is 4.40 Å². The van der Waals surface area contributed by atoms with E-state index < -0.39 is 0 Å². The summed E-state index contributed by atoms with van der Waals surface area (Å²) in [5.41, 5.74) is 7.87. The van der Waals surface area contributed by atoms with Gasteiger partial charge in [-0.05, 0) is 31.4 Å². The molecule has 0 saturated heterocycles. The van der Waals surface area contributed by atoms with Crippen LogP contribution in [0, 0.1) is 0 Å². The number of rotatable bonds is 8. The monoisotopic (exact) mass is 439 g/mol. The largest absolute Gasteiger partial charge is 0.377 e. The fourth-order valence-electron chi connectivity index (χ4n) is 3.44. The second kappa shape index (κ2) is 10.7. The lowest BCUT2D eigenvalue weighted by Gasteiger charge is -2.32. The third-order valence-electron chi connectivity index (χ3n) is 4.93. The Hall–Kier alpha value is -2.00. The molecule has 10 heteroatoms. The van der Waals surface area contributed by atoms with Crippen LogP contribution in [0.2, 0.25) is 0 Å². The van der Waals surface area contributed by atoms with Crippen LogP contribution < -0.4 is 11.1 Å². The Morgan fingerprint density at radius 3 is 2.79 bits per heavy atom. The van der Waals surface area contributed by atoms with Gasteiger partial charge in [0.1, 0.15) is 18.2 Å². The molecular formula is C19H27Cl2N7O. The van der Waals surface area contributed by atoms with Crippen molar-refractivity contribution in [2.45, 2.75) is 44.2 Å². The number of ether oxygens (including phenoxy) is 1. The van der Waals surface area contributed by atoms with E-state index in [0.717, 1.165) is 55.2 Å². The van der Waals surface area contributed by atoms with Gasteiger partial charge in [0.05, 0.1) is 0 Å². The number of pyridine rings is 1. The van der Waals surface area contributed by atoms with E-state index in [1.807, 2.05) is 34.9 Å². The molecule has 3 heterocycles. The van der Waals surface area contributed by atoms with Crippen molar-refractivity contribution in [3.8, 4) is 0 Å². The average Bonchev–Trinajstić information content (AvgIpc) is 3.06. The third-order valence-corrected chi connectivity index (χ3v) is 4.93. The molecule has 0 atom stereocenters. The predicted molar refractivity (Wildman–Crippen MR) is 117 cm³/mol. The number of nitrogens with two attached hydrogens (primary N) is 1. The zero-order valence-electron chi connectivity index (χ0n) is 16.3. The first kappa shape index (κ1) is 23.3. The van der Waals surface area contributed by atoms with Crippen LogP contribution in [0.3, 0.4) is 0 Å². The van der Waals surface area contributed by atoms with Crippen LogP contribution in [0.1, 0.15) is 42.5 Å². The maximum absolute atomic E-state index is 5.93. The van der Waals surface area contributed by atoms with E-state index in [2.05, 4.69) is 25.5 Å². The molecule has 0 aliphatic heterocycles. The first-order valence-corrected chi connectivity index (χ1v) is 9.38. The maximum Gasteiger partial charge on any atom is 0.160 e. The van der Waals surface area contributed by atoms with Crippen LogP contribution in [-0.4, -0.2) is 44.3 Å². The number of methoxy groups -OCH3 is 1. The van der Waals surface area contributed by atoms with Gasteiger partial charge in [0.25, 0.3) is 0 Å². The Morgan fingerprint density at radius 1 is 1.21 bits per heavy atom. The fourth-order valence-corrected chi connectivity index (χ4v) is 3.44. The Kier molecular flexibility index (Phi) is 8.58. The second-order valence-electron chi connectivity index (χ2n) is 7.03. The molecule has 1 aliphatic rings. The van der Waals surface area contributed by atoms with Gasteiger partial charge in [-0.15, -0.1) is 35.0 Å². The van der Waals surface area contributed by atoms with E-state index >= 15 is 0 Å². The van der Waals surface area contributed by atoms with E-state index in [1.54, 1.807) is 7.11 Å². The van der Waals surface area contributed by atoms with Crippen LogP contribution in [0.25, 0.3) is 5.65 Å². The van der Waals surface area contributed by atoms with Crippen molar-refractivity contribution in [2.24, 2.45) is 5.73 Å². The number of aromatic nitrogens is 5. The summed E-state index contributed by atoms with van der Waals surface area (Å²) in [6.07, 6.45) is 5.75.